The Morgan fingerprint density at radius 2 is 2.25 bits per heavy atom. The molecule has 4 nitrogen and oxygen atoms in total. The van der Waals surface area contributed by atoms with Crippen LogP contribution in [-0.2, 0) is 0 Å². The monoisotopic (exact) mass is 220 g/mol. The van der Waals surface area contributed by atoms with Gasteiger partial charge >= 0.3 is 0 Å². The molecule has 0 amide bonds. The Bertz CT molecular complexity index is 387. The van der Waals surface area contributed by atoms with Crippen LogP contribution in [0.3, 0.4) is 0 Å². The Morgan fingerprint density at radius 3 is 2.81 bits per heavy atom. The second-order valence-corrected chi connectivity index (χ2v) is 4.59. The highest BCUT2D eigenvalue weighted by Gasteiger charge is 2.27. The van der Waals surface area contributed by atoms with Gasteiger partial charge < -0.3 is 4.74 Å². The molecule has 0 radical (unpaired) electrons. The normalized spacial score (nSPS) is 15.2. The van der Waals surface area contributed by atoms with E-state index >= 15 is 0 Å². The standard InChI is InChI=1S/C12H16N2O2/c1-8(2)7-16-11-5-10(6-15)13-12(14-11)9-3-4-9/h5-6,8-9H,3-4,7H2,1-2H3. The molecule has 0 aliphatic heterocycles. The number of aromatic nitrogens is 2. The van der Waals surface area contributed by atoms with E-state index < -0.39 is 0 Å². The van der Waals surface area contributed by atoms with Crippen molar-refractivity contribution in [3.8, 4) is 5.88 Å². The summed E-state index contributed by atoms with van der Waals surface area (Å²) in [5.41, 5.74) is 0.413. The van der Waals surface area contributed by atoms with Gasteiger partial charge in [-0.2, -0.15) is 4.98 Å². The maximum Gasteiger partial charge on any atom is 0.217 e. The van der Waals surface area contributed by atoms with Crippen molar-refractivity contribution in [3.63, 3.8) is 0 Å². The van der Waals surface area contributed by atoms with E-state index in [1.165, 1.54) is 0 Å². The van der Waals surface area contributed by atoms with Crippen LogP contribution < -0.4 is 4.74 Å². The number of carbonyl (C=O) groups is 1. The van der Waals surface area contributed by atoms with E-state index in [-0.39, 0.29) is 0 Å². The predicted octanol–water partition coefficient (Wildman–Crippen LogP) is 2.20. The molecule has 0 saturated heterocycles. The van der Waals surface area contributed by atoms with Gasteiger partial charge in [-0.25, -0.2) is 4.98 Å². The third-order valence-electron chi connectivity index (χ3n) is 2.37. The smallest absolute Gasteiger partial charge is 0.217 e. The van der Waals surface area contributed by atoms with E-state index in [2.05, 4.69) is 23.8 Å². The van der Waals surface area contributed by atoms with Gasteiger partial charge in [0.05, 0.1) is 6.61 Å². The number of aldehydes is 1. The molecular weight excluding hydrogens is 204 g/mol. The number of rotatable bonds is 5. The number of hydrogen-bond acceptors (Lipinski definition) is 4. The van der Waals surface area contributed by atoms with Crippen molar-refractivity contribution in [3.05, 3.63) is 17.6 Å². The molecule has 1 aromatic heterocycles. The van der Waals surface area contributed by atoms with Crippen molar-refractivity contribution in [1.29, 1.82) is 0 Å². The summed E-state index contributed by atoms with van der Waals surface area (Å²) in [6.07, 6.45) is 2.98. The molecule has 0 N–H and O–H groups in total. The van der Waals surface area contributed by atoms with Crippen LogP contribution in [-0.4, -0.2) is 22.9 Å². The third kappa shape index (κ3) is 2.78. The summed E-state index contributed by atoms with van der Waals surface area (Å²) in [5.74, 6) is 2.15. The van der Waals surface area contributed by atoms with Gasteiger partial charge in [0.1, 0.15) is 11.5 Å². The van der Waals surface area contributed by atoms with Crippen LogP contribution in [0.5, 0.6) is 5.88 Å². The number of carbonyl (C=O) groups excluding carboxylic acids is 1. The molecule has 1 saturated carbocycles. The van der Waals surface area contributed by atoms with Crippen molar-refractivity contribution < 1.29 is 9.53 Å². The zero-order valence-electron chi connectivity index (χ0n) is 9.64. The van der Waals surface area contributed by atoms with Crippen LogP contribution in [0.25, 0.3) is 0 Å². The summed E-state index contributed by atoms with van der Waals surface area (Å²) in [5, 5.41) is 0. The first-order valence-corrected chi connectivity index (χ1v) is 5.66. The molecule has 1 aliphatic carbocycles. The predicted molar refractivity (Wildman–Crippen MR) is 59.7 cm³/mol. The summed E-state index contributed by atoms with van der Waals surface area (Å²) >= 11 is 0. The molecule has 1 aromatic rings. The molecule has 2 rings (SSSR count). The maximum absolute atomic E-state index is 10.7. The lowest BCUT2D eigenvalue weighted by Gasteiger charge is -2.09. The number of nitrogens with zero attached hydrogens (tertiary/aromatic N) is 2. The fourth-order valence-corrected chi connectivity index (χ4v) is 1.37. The van der Waals surface area contributed by atoms with E-state index in [0.29, 0.717) is 30.0 Å². The number of ether oxygens (including phenoxy) is 1. The molecule has 1 fully saturated rings. The Kier molecular flexibility index (Phi) is 3.17. The SMILES string of the molecule is CC(C)COc1cc(C=O)nc(C2CC2)n1. The van der Waals surface area contributed by atoms with Gasteiger partial charge in [0.2, 0.25) is 5.88 Å². The highest BCUT2D eigenvalue weighted by Crippen LogP contribution is 2.38. The average Bonchev–Trinajstić information content (AvgIpc) is 3.09. The van der Waals surface area contributed by atoms with E-state index in [1.54, 1.807) is 6.07 Å². The van der Waals surface area contributed by atoms with Gasteiger partial charge in [0.15, 0.2) is 6.29 Å². The van der Waals surface area contributed by atoms with Crippen LogP contribution in [0, 0.1) is 5.92 Å². The third-order valence-corrected chi connectivity index (χ3v) is 2.37. The van der Waals surface area contributed by atoms with Crippen molar-refractivity contribution >= 4 is 6.29 Å². The highest BCUT2D eigenvalue weighted by molar-refractivity contribution is 5.72. The summed E-state index contributed by atoms with van der Waals surface area (Å²) in [7, 11) is 0. The van der Waals surface area contributed by atoms with E-state index in [1.807, 2.05) is 0 Å². The van der Waals surface area contributed by atoms with Gasteiger partial charge in [0, 0.05) is 12.0 Å². The van der Waals surface area contributed by atoms with Crippen molar-refractivity contribution in [1.82, 2.24) is 9.97 Å². The van der Waals surface area contributed by atoms with Crippen molar-refractivity contribution in [2.75, 3.05) is 6.61 Å². The Morgan fingerprint density at radius 1 is 1.50 bits per heavy atom. The minimum absolute atomic E-state index is 0.413. The van der Waals surface area contributed by atoms with Crippen LogP contribution in [0.2, 0.25) is 0 Å². The number of hydrogen-bond donors (Lipinski definition) is 0. The van der Waals surface area contributed by atoms with Crippen molar-refractivity contribution in [2.45, 2.75) is 32.6 Å². The van der Waals surface area contributed by atoms with E-state index in [4.69, 9.17) is 4.74 Å². The second kappa shape index (κ2) is 4.60. The molecule has 86 valence electrons. The highest BCUT2D eigenvalue weighted by atomic mass is 16.5. The minimum atomic E-state index is 0.413. The van der Waals surface area contributed by atoms with E-state index in [9.17, 15) is 4.79 Å². The molecule has 1 aliphatic rings. The summed E-state index contributed by atoms with van der Waals surface area (Å²) in [4.78, 5) is 19.3. The first-order chi connectivity index (χ1) is 7.69. The summed E-state index contributed by atoms with van der Waals surface area (Å²) < 4.78 is 5.52. The fraction of sp³-hybridized carbons (Fsp3) is 0.583. The Balaban J connectivity index is 2.15. The molecular formula is C12H16N2O2. The first-order valence-electron chi connectivity index (χ1n) is 5.66. The van der Waals surface area contributed by atoms with Gasteiger partial charge in [-0.05, 0) is 18.8 Å². The minimum Gasteiger partial charge on any atom is -0.477 e. The maximum atomic E-state index is 10.7. The Labute approximate surface area is 95.1 Å². The molecule has 0 atom stereocenters. The molecule has 1 heterocycles. The van der Waals surface area contributed by atoms with Crippen LogP contribution in [0.1, 0.15) is 48.9 Å². The topological polar surface area (TPSA) is 52.1 Å². The summed E-state index contributed by atoms with van der Waals surface area (Å²) in [6.45, 7) is 4.76. The van der Waals surface area contributed by atoms with E-state index in [0.717, 1.165) is 25.0 Å². The van der Waals surface area contributed by atoms with Gasteiger partial charge in [-0.3, -0.25) is 4.79 Å². The largest absolute Gasteiger partial charge is 0.477 e. The first kappa shape index (κ1) is 11.0. The molecule has 0 spiro atoms. The zero-order chi connectivity index (χ0) is 11.5. The fourth-order valence-electron chi connectivity index (χ4n) is 1.37. The average molecular weight is 220 g/mol. The second-order valence-electron chi connectivity index (χ2n) is 4.59. The van der Waals surface area contributed by atoms with Crippen LogP contribution in [0.4, 0.5) is 0 Å². The molecule has 0 bridgehead atoms. The molecule has 16 heavy (non-hydrogen) atoms. The van der Waals surface area contributed by atoms with Gasteiger partial charge in [-0.15, -0.1) is 0 Å². The molecule has 4 heteroatoms. The van der Waals surface area contributed by atoms with Gasteiger partial charge in [0.25, 0.3) is 0 Å². The Hall–Kier alpha value is -1.45. The zero-order valence-corrected chi connectivity index (χ0v) is 9.64. The van der Waals surface area contributed by atoms with Crippen molar-refractivity contribution in [2.24, 2.45) is 5.92 Å². The van der Waals surface area contributed by atoms with Crippen LogP contribution in [0.15, 0.2) is 6.07 Å². The molecule has 0 aromatic carbocycles. The lowest BCUT2D eigenvalue weighted by atomic mass is 10.2. The van der Waals surface area contributed by atoms with Crippen LogP contribution >= 0.6 is 0 Å². The molecule has 0 unspecified atom stereocenters. The van der Waals surface area contributed by atoms with Gasteiger partial charge in [-0.1, -0.05) is 13.8 Å². The summed E-state index contributed by atoms with van der Waals surface area (Å²) in [6, 6.07) is 1.60. The quantitative estimate of drug-likeness (QED) is 0.714. The lowest BCUT2D eigenvalue weighted by molar-refractivity contribution is 0.111. The lowest BCUT2D eigenvalue weighted by Crippen LogP contribution is -2.08.